The Labute approximate surface area is 288 Å². The number of carboxylic acid groups (broad SMARTS) is 2. The van der Waals surface area contributed by atoms with Crippen LogP contribution < -0.4 is 69.3 Å². The molecule has 13 heteroatoms. The summed E-state index contributed by atoms with van der Waals surface area (Å²) in [7, 11) is -8.61. The van der Waals surface area contributed by atoms with Crippen molar-refractivity contribution in [3.8, 4) is 11.1 Å². The van der Waals surface area contributed by atoms with Crippen molar-refractivity contribution in [2.24, 2.45) is 0 Å². The van der Waals surface area contributed by atoms with Gasteiger partial charge >= 0.3 is 59.1 Å². The number of carbonyl (C=O) groups is 1. The van der Waals surface area contributed by atoms with E-state index in [4.69, 9.17) is 15.0 Å². The minimum atomic E-state index is -4.31. The van der Waals surface area contributed by atoms with Gasteiger partial charge in [0.25, 0.3) is 20.2 Å². The summed E-state index contributed by atoms with van der Waals surface area (Å²) in [5.74, 6) is 0. The summed E-state index contributed by atoms with van der Waals surface area (Å²) in [5, 5.41) is 16.7. The molecule has 0 aromatic heterocycles. The largest absolute Gasteiger partial charge is 1.00 e. The average Bonchev–Trinajstić information content (AvgIpc) is 2.90. The molecular weight excluding hydrogens is 602 g/mol. The fourth-order valence-corrected chi connectivity index (χ4v) is 5.02. The van der Waals surface area contributed by atoms with Gasteiger partial charge in [-0.3, -0.25) is 9.11 Å². The Morgan fingerprint density at radius 1 is 0.524 bits per heavy atom. The third-order valence-corrected chi connectivity index (χ3v) is 7.31. The van der Waals surface area contributed by atoms with E-state index in [0.717, 1.165) is 22.3 Å². The van der Waals surface area contributed by atoms with Gasteiger partial charge in [-0.25, -0.2) is 0 Å². The maximum Gasteiger partial charge on any atom is 1.00 e. The van der Waals surface area contributed by atoms with E-state index in [1.807, 2.05) is 48.5 Å². The molecule has 0 saturated heterocycles. The molecule has 4 aromatic carbocycles. The second-order valence-corrected chi connectivity index (χ2v) is 11.0. The van der Waals surface area contributed by atoms with Crippen LogP contribution in [0.4, 0.5) is 4.79 Å². The van der Waals surface area contributed by atoms with Crippen LogP contribution in [-0.4, -0.2) is 32.1 Å². The molecule has 0 bridgehead atoms. The summed E-state index contributed by atoms with van der Waals surface area (Å²) in [6, 6.07) is 27.8. The van der Waals surface area contributed by atoms with Crippen molar-refractivity contribution in [3.05, 3.63) is 119 Å². The fourth-order valence-electron chi connectivity index (χ4n) is 3.65. The van der Waals surface area contributed by atoms with E-state index in [-0.39, 0.29) is 68.9 Å². The van der Waals surface area contributed by atoms with Gasteiger partial charge in [-0.15, -0.1) is 0 Å². The van der Waals surface area contributed by atoms with Crippen molar-refractivity contribution in [2.75, 3.05) is 0 Å². The molecule has 0 radical (unpaired) electrons. The Hall–Kier alpha value is -2.55. The van der Waals surface area contributed by atoms with Gasteiger partial charge in [-0.1, -0.05) is 109 Å². The molecule has 4 rings (SSSR count). The van der Waals surface area contributed by atoms with Crippen LogP contribution in [0.5, 0.6) is 0 Å². The number of carbonyl (C=O) groups excluding carboxylic acids is 1. The van der Waals surface area contributed by atoms with Gasteiger partial charge in [0.1, 0.15) is 9.79 Å². The third kappa shape index (κ3) is 11.6. The summed E-state index contributed by atoms with van der Waals surface area (Å²) in [6.45, 7) is 0. The first-order valence-electron chi connectivity index (χ1n) is 11.4. The maximum atomic E-state index is 11.5. The van der Waals surface area contributed by atoms with Gasteiger partial charge in [0, 0.05) is 0 Å². The second-order valence-electron chi connectivity index (χ2n) is 8.19. The fraction of sp³-hybridized carbons (Fsp3) is 0. The molecule has 0 aliphatic heterocycles. The van der Waals surface area contributed by atoms with E-state index in [2.05, 4.69) is 0 Å². The molecule has 0 fully saturated rings. The molecular formula is C29H22Na2O9S2. The first-order valence-corrected chi connectivity index (χ1v) is 14.3. The van der Waals surface area contributed by atoms with Crippen molar-refractivity contribution in [1.82, 2.24) is 0 Å². The van der Waals surface area contributed by atoms with E-state index in [1.165, 1.54) is 12.1 Å². The zero-order chi connectivity index (χ0) is 29.3. The molecule has 0 aliphatic carbocycles. The number of rotatable bonds is 7. The van der Waals surface area contributed by atoms with Crippen LogP contribution >= 0.6 is 0 Å². The molecule has 0 spiro atoms. The zero-order valence-electron chi connectivity index (χ0n) is 22.6. The van der Waals surface area contributed by atoms with E-state index in [9.17, 15) is 25.9 Å². The quantitative estimate of drug-likeness (QED) is 0.131. The molecule has 0 aliphatic rings. The summed E-state index contributed by atoms with van der Waals surface area (Å²) >= 11 is 0. The molecule has 9 nitrogen and oxygen atoms in total. The van der Waals surface area contributed by atoms with Gasteiger partial charge in [0.15, 0.2) is 0 Å². The number of hydrogen-bond donors (Lipinski definition) is 2. The minimum Gasteiger partial charge on any atom is -0.652 e. The van der Waals surface area contributed by atoms with Crippen molar-refractivity contribution in [1.29, 1.82) is 0 Å². The maximum absolute atomic E-state index is 11.5. The van der Waals surface area contributed by atoms with Crippen LogP contribution in [0, 0.1) is 0 Å². The molecule has 0 saturated carbocycles. The van der Waals surface area contributed by atoms with E-state index in [0.29, 0.717) is 11.1 Å². The molecule has 206 valence electrons. The summed E-state index contributed by atoms with van der Waals surface area (Å²) < 4.78 is 64.9. The van der Waals surface area contributed by atoms with Crippen LogP contribution in [0.15, 0.2) is 107 Å². The Kier molecular flexibility index (Phi) is 15.1. The van der Waals surface area contributed by atoms with Crippen molar-refractivity contribution >= 4 is 50.7 Å². The monoisotopic (exact) mass is 624 g/mol. The van der Waals surface area contributed by atoms with Crippen molar-refractivity contribution in [3.63, 3.8) is 0 Å². The topological polar surface area (TPSA) is 172 Å². The molecule has 2 N–H and O–H groups in total. The summed E-state index contributed by atoms with van der Waals surface area (Å²) in [6.07, 6.45) is 4.48. The van der Waals surface area contributed by atoms with Gasteiger partial charge in [0.2, 0.25) is 0 Å². The summed E-state index contributed by atoms with van der Waals surface area (Å²) in [4.78, 5) is 8.04. The van der Waals surface area contributed by atoms with E-state index in [1.54, 1.807) is 60.7 Å². The Morgan fingerprint density at radius 3 is 1.10 bits per heavy atom. The number of hydrogen-bond acceptors (Lipinski definition) is 7. The van der Waals surface area contributed by atoms with Crippen LogP contribution in [-0.2, 0) is 20.2 Å². The number of benzene rings is 4. The minimum absolute atomic E-state index is 0. The Bertz CT molecular complexity index is 1640. The molecule has 4 aromatic rings. The average molecular weight is 625 g/mol. The van der Waals surface area contributed by atoms with Gasteiger partial charge in [-0.05, 0) is 51.7 Å². The normalized spacial score (nSPS) is 11.2. The Morgan fingerprint density at radius 2 is 0.810 bits per heavy atom. The van der Waals surface area contributed by atoms with Crippen LogP contribution in [0.25, 0.3) is 35.4 Å². The smallest absolute Gasteiger partial charge is 0.652 e. The zero-order valence-corrected chi connectivity index (χ0v) is 28.2. The third-order valence-electron chi connectivity index (χ3n) is 5.46. The predicted octanol–water partition coefficient (Wildman–Crippen LogP) is -2.25. The van der Waals surface area contributed by atoms with Gasteiger partial charge in [-0.2, -0.15) is 16.8 Å². The molecule has 0 amide bonds. The molecule has 0 atom stereocenters. The standard InChI is InChI=1S/C28H22O6S2.CH2O3.2Na/c29-35(30,31)27-7-3-1-5-25(27)19-13-21-9-15-23(16-10-21)24-17-11-22(12-18-24)14-20-26-6-2-4-8-28(26)36(32,33)34;2-1(3)4;;/h1-20H,(H,29,30,31)(H,32,33,34);(H2,2,3,4);;/q;;2*+1/p-2. The second kappa shape index (κ2) is 16.9. The van der Waals surface area contributed by atoms with Crippen LogP contribution in [0.2, 0.25) is 0 Å². The van der Waals surface area contributed by atoms with E-state index >= 15 is 0 Å². The SMILES string of the molecule is O=C([O-])[O-].O=S(=O)(O)c1ccccc1C=Cc1ccc(-c2ccc(C=Cc3ccccc3S(=O)(=O)O)cc2)cc1.[Na+].[Na+]. The first-order chi connectivity index (χ1) is 18.8. The van der Waals surface area contributed by atoms with Gasteiger partial charge < -0.3 is 15.0 Å². The first kappa shape index (κ1) is 37.5. The molecule has 0 unspecified atom stereocenters. The van der Waals surface area contributed by atoms with Crippen LogP contribution in [0.1, 0.15) is 22.3 Å². The van der Waals surface area contributed by atoms with Crippen molar-refractivity contribution < 1.29 is 100 Å². The predicted molar refractivity (Wildman–Crippen MR) is 148 cm³/mol. The molecule has 42 heavy (non-hydrogen) atoms. The van der Waals surface area contributed by atoms with Crippen LogP contribution in [0.3, 0.4) is 0 Å². The van der Waals surface area contributed by atoms with Gasteiger partial charge in [0.05, 0.1) is 0 Å². The van der Waals surface area contributed by atoms with E-state index < -0.39 is 26.4 Å². The Balaban J connectivity index is 0.00000138. The van der Waals surface area contributed by atoms with Crippen molar-refractivity contribution in [2.45, 2.75) is 9.79 Å². The summed E-state index contributed by atoms with van der Waals surface area (Å²) in [5.41, 5.74) is 4.48. The molecule has 0 heterocycles.